The second-order valence-electron chi connectivity index (χ2n) is 8.46. The van der Waals surface area contributed by atoms with Crippen LogP contribution in [-0.4, -0.2) is 42.8 Å². The molecule has 0 fully saturated rings. The molecule has 4 rings (SSSR count). The molecule has 2 aromatic heterocycles. The van der Waals surface area contributed by atoms with Crippen molar-refractivity contribution in [3.05, 3.63) is 84.7 Å². The van der Waals surface area contributed by atoms with Gasteiger partial charge in [0.2, 0.25) is 0 Å². The van der Waals surface area contributed by atoms with Gasteiger partial charge in [-0.3, -0.25) is 10.00 Å². The fourth-order valence-electron chi connectivity index (χ4n) is 3.95. The average Bonchev–Trinajstić information content (AvgIpc) is 3.40. The molecule has 0 aliphatic heterocycles. The number of benzene rings is 1. The van der Waals surface area contributed by atoms with Crippen LogP contribution in [0.3, 0.4) is 0 Å². The molecule has 3 aromatic rings. The second-order valence-corrected chi connectivity index (χ2v) is 8.46. The Kier molecular flexibility index (Phi) is 7.08. The number of aliphatic hydroxyl groups is 1. The van der Waals surface area contributed by atoms with Crippen molar-refractivity contribution in [3.63, 3.8) is 0 Å². The summed E-state index contributed by atoms with van der Waals surface area (Å²) in [4.78, 5) is 13.1. The Hall–Kier alpha value is -3.91. The highest BCUT2D eigenvalue weighted by atomic mass is 16.3. The molecule has 176 valence electrons. The van der Waals surface area contributed by atoms with Crippen molar-refractivity contribution in [2.45, 2.75) is 38.3 Å². The summed E-state index contributed by atoms with van der Waals surface area (Å²) in [7, 11) is 1.85. The van der Waals surface area contributed by atoms with E-state index in [0.717, 1.165) is 28.1 Å². The number of aliphatic hydroxyl groups excluding tert-OH is 1. The fourth-order valence-corrected chi connectivity index (χ4v) is 3.95. The van der Waals surface area contributed by atoms with E-state index < -0.39 is 18.2 Å². The maximum atomic E-state index is 13.1. The summed E-state index contributed by atoms with van der Waals surface area (Å²) in [5.74, 6) is 0.559. The van der Waals surface area contributed by atoms with Crippen LogP contribution >= 0.6 is 0 Å². The lowest BCUT2D eigenvalue weighted by molar-refractivity contribution is 0.123. The van der Waals surface area contributed by atoms with Crippen LogP contribution in [0.4, 0.5) is 10.6 Å². The number of para-hydroxylation sites is 1. The van der Waals surface area contributed by atoms with Crippen LogP contribution in [0.1, 0.15) is 24.8 Å². The quantitative estimate of drug-likeness (QED) is 0.543. The van der Waals surface area contributed by atoms with Gasteiger partial charge in [-0.05, 0) is 38.3 Å². The second kappa shape index (κ2) is 10.4. The first kappa shape index (κ1) is 23.3. The highest BCUT2D eigenvalue weighted by Gasteiger charge is 2.24. The van der Waals surface area contributed by atoms with E-state index in [1.807, 2.05) is 74.8 Å². The Labute approximate surface area is 199 Å². The number of hydrogen-bond donors (Lipinski definition) is 3. The van der Waals surface area contributed by atoms with Gasteiger partial charge in [0, 0.05) is 24.4 Å². The number of amides is 2. The number of aryl methyl sites for hydroxylation is 1. The maximum absolute atomic E-state index is 13.1. The summed E-state index contributed by atoms with van der Waals surface area (Å²) in [5.41, 5.74) is 4.18. The third-order valence-electron chi connectivity index (χ3n) is 5.84. The van der Waals surface area contributed by atoms with Crippen molar-refractivity contribution in [2.75, 3.05) is 5.32 Å². The van der Waals surface area contributed by atoms with Gasteiger partial charge in [0.25, 0.3) is 0 Å². The number of anilines is 1. The molecule has 2 amide bonds. The zero-order valence-corrected chi connectivity index (χ0v) is 19.5. The molecule has 0 saturated heterocycles. The van der Waals surface area contributed by atoms with E-state index in [1.54, 1.807) is 15.6 Å². The SMILES string of the molecule is C=C1/C=C\C=C/C[C@@H](NC(=O)Nc2c(C)c(-c3cnn(C)c3)nn2-c2ccccc2)[C@H](O)CC1. The minimum Gasteiger partial charge on any atom is -0.391 e. The zero-order valence-electron chi connectivity index (χ0n) is 19.5. The molecular formula is C26H30N6O2. The van der Waals surface area contributed by atoms with Gasteiger partial charge in [0.05, 0.1) is 24.0 Å². The highest BCUT2D eigenvalue weighted by molar-refractivity contribution is 5.91. The lowest BCUT2D eigenvalue weighted by Crippen LogP contribution is -2.45. The Morgan fingerprint density at radius 2 is 2.03 bits per heavy atom. The summed E-state index contributed by atoms with van der Waals surface area (Å²) in [6, 6.07) is 8.80. The van der Waals surface area contributed by atoms with E-state index in [1.165, 1.54) is 0 Å². The normalized spacial score (nSPS) is 20.5. The van der Waals surface area contributed by atoms with Crippen molar-refractivity contribution < 1.29 is 9.90 Å². The molecule has 0 radical (unpaired) electrons. The van der Waals surface area contributed by atoms with Crippen molar-refractivity contribution in [3.8, 4) is 16.9 Å². The smallest absolute Gasteiger partial charge is 0.320 e. The summed E-state index contributed by atoms with van der Waals surface area (Å²) in [6.07, 6.45) is 12.4. The summed E-state index contributed by atoms with van der Waals surface area (Å²) >= 11 is 0. The molecule has 0 spiro atoms. The molecule has 0 saturated carbocycles. The molecule has 8 nitrogen and oxygen atoms in total. The van der Waals surface area contributed by atoms with Gasteiger partial charge in [-0.2, -0.15) is 10.2 Å². The van der Waals surface area contributed by atoms with E-state index in [9.17, 15) is 9.90 Å². The van der Waals surface area contributed by atoms with Crippen LogP contribution in [0.5, 0.6) is 0 Å². The fraction of sp³-hybridized carbons (Fsp3) is 0.269. The minimum absolute atomic E-state index is 0.401. The molecule has 0 bridgehead atoms. The largest absolute Gasteiger partial charge is 0.391 e. The number of rotatable bonds is 4. The lowest BCUT2D eigenvalue weighted by Gasteiger charge is -2.24. The molecule has 1 aliphatic rings. The van der Waals surface area contributed by atoms with Crippen LogP contribution in [0.25, 0.3) is 16.9 Å². The first-order valence-electron chi connectivity index (χ1n) is 11.3. The topological polar surface area (TPSA) is 97.0 Å². The number of nitrogens with one attached hydrogen (secondary N) is 2. The molecule has 2 atom stereocenters. The summed E-state index contributed by atoms with van der Waals surface area (Å²) in [6.45, 7) is 5.91. The number of nitrogens with zero attached hydrogens (tertiary/aromatic N) is 4. The molecule has 34 heavy (non-hydrogen) atoms. The zero-order chi connectivity index (χ0) is 24.1. The Morgan fingerprint density at radius 3 is 2.76 bits per heavy atom. The van der Waals surface area contributed by atoms with Crippen LogP contribution in [0.15, 0.2) is 79.2 Å². The Bertz CT molecular complexity index is 1220. The van der Waals surface area contributed by atoms with Gasteiger partial charge in [-0.25, -0.2) is 9.48 Å². The number of carbonyl (C=O) groups excluding carboxylic acids is 1. The monoisotopic (exact) mass is 458 g/mol. The molecule has 1 aromatic carbocycles. The Morgan fingerprint density at radius 1 is 1.24 bits per heavy atom. The molecule has 8 heteroatoms. The van der Waals surface area contributed by atoms with E-state index in [-0.39, 0.29) is 0 Å². The van der Waals surface area contributed by atoms with Gasteiger partial charge in [0.15, 0.2) is 0 Å². The Balaban J connectivity index is 1.60. The number of allylic oxidation sites excluding steroid dienone is 4. The highest BCUT2D eigenvalue weighted by Crippen LogP contribution is 2.30. The van der Waals surface area contributed by atoms with E-state index in [4.69, 9.17) is 5.10 Å². The lowest BCUT2D eigenvalue weighted by atomic mass is 9.99. The van der Waals surface area contributed by atoms with Gasteiger partial charge in [-0.1, -0.05) is 54.7 Å². The third-order valence-corrected chi connectivity index (χ3v) is 5.84. The maximum Gasteiger partial charge on any atom is 0.320 e. The first-order valence-corrected chi connectivity index (χ1v) is 11.3. The number of urea groups is 1. The van der Waals surface area contributed by atoms with Crippen LogP contribution in [0.2, 0.25) is 0 Å². The summed E-state index contributed by atoms with van der Waals surface area (Å²) < 4.78 is 3.43. The average molecular weight is 459 g/mol. The van der Waals surface area contributed by atoms with Gasteiger partial charge < -0.3 is 10.4 Å². The van der Waals surface area contributed by atoms with Crippen LogP contribution < -0.4 is 10.6 Å². The third kappa shape index (κ3) is 5.35. The van der Waals surface area contributed by atoms with E-state index in [0.29, 0.717) is 25.1 Å². The number of carbonyl (C=O) groups is 1. The van der Waals surface area contributed by atoms with Crippen molar-refractivity contribution in [2.24, 2.45) is 7.05 Å². The van der Waals surface area contributed by atoms with Crippen molar-refractivity contribution in [1.29, 1.82) is 0 Å². The van der Waals surface area contributed by atoms with Gasteiger partial charge in [-0.15, -0.1) is 0 Å². The van der Waals surface area contributed by atoms with E-state index in [2.05, 4.69) is 22.3 Å². The van der Waals surface area contributed by atoms with Crippen molar-refractivity contribution >= 4 is 11.8 Å². The minimum atomic E-state index is -0.690. The predicted molar refractivity (Wildman–Crippen MR) is 134 cm³/mol. The number of hydrogen-bond acceptors (Lipinski definition) is 4. The molecule has 2 heterocycles. The first-order chi connectivity index (χ1) is 16.4. The molecule has 3 N–H and O–H groups in total. The summed E-state index contributed by atoms with van der Waals surface area (Å²) in [5, 5.41) is 25.6. The predicted octanol–water partition coefficient (Wildman–Crippen LogP) is 4.28. The van der Waals surface area contributed by atoms with E-state index >= 15 is 0 Å². The standard InChI is InChI=1S/C26H30N6O2/c1-18-10-6-4-9-13-22(23(33)15-14-18)28-26(34)29-25-19(2)24(20-16-27-31(3)17-20)30-32(25)21-11-7-5-8-12-21/h4-12,16-17,22-23,33H,1,13-15H2,2-3H3,(H2,28,29,34)/b9-4-,10-6-/t22-,23-/m1/s1. The molecule has 1 aliphatic carbocycles. The molecule has 0 unspecified atom stereocenters. The van der Waals surface area contributed by atoms with Gasteiger partial charge >= 0.3 is 6.03 Å². The number of aromatic nitrogens is 4. The molecular weight excluding hydrogens is 428 g/mol. The van der Waals surface area contributed by atoms with Crippen LogP contribution in [0, 0.1) is 6.92 Å². The van der Waals surface area contributed by atoms with Gasteiger partial charge in [0.1, 0.15) is 11.5 Å². The van der Waals surface area contributed by atoms with Crippen LogP contribution in [-0.2, 0) is 7.05 Å². The van der Waals surface area contributed by atoms with Crippen molar-refractivity contribution in [1.82, 2.24) is 24.9 Å².